The van der Waals surface area contributed by atoms with Crippen molar-refractivity contribution in [2.24, 2.45) is 5.73 Å². The van der Waals surface area contributed by atoms with Crippen LogP contribution in [0.5, 0.6) is 0 Å². The van der Waals surface area contributed by atoms with Gasteiger partial charge in [0.25, 0.3) is 5.91 Å². The van der Waals surface area contributed by atoms with Crippen molar-refractivity contribution in [3.05, 3.63) is 0 Å². The van der Waals surface area contributed by atoms with Crippen LogP contribution in [0.25, 0.3) is 0 Å². The van der Waals surface area contributed by atoms with E-state index in [4.69, 9.17) is 5.73 Å². The molecule has 5 nitrogen and oxygen atoms in total. The highest BCUT2D eigenvalue weighted by molar-refractivity contribution is 5.79. The van der Waals surface area contributed by atoms with E-state index in [0.29, 0.717) is 0 Å². The number of primary amides is 1. The Hall–Kier alpha value is -1.26. The first kappa shape index (κ1) is 9.83. The average molecular weight is 186 g/mol. The third-order valence-electron chi connectivity index (χ3n) is 2.05. The largest absolute Gasteiger partial charge is 0.440 e. The summed E-state index contributed by atoms with van der Waals surface area (Å²) < 4.78 is 4.40. The first-order valence-corrected chi connectivity index (χ1v) is 4.40. The molecule has 0 aliphatic carbocycles. The molecule has 0 saturated carbocycles. The molecule has 1 aliphatic heterocycles. The molecule has 1 heterocycles. The Morgan fingerprint density at radius 1 is 1.23 bits per heavy atom. The van der Waals surface area contributed by atoms with Crippen molar-refractivity contribution in [1.82, 2.24) is 4.90 Å². The van der Waals surface area contributed by atoms with Crippen LogP contribution in [-0.4, -0.2) is 36.6 Å². The zero-order valence-corrected chi connectivity index (χ0v) is 7.49. The van der Waals surface area contributed by atoms with E-state index in [9.17, 15) is 9.59 Å². The van der Waals surface area contributed by atoms with Crippen LogP contribution in [0, 0.1) is 0 Å². The molecule has 0 aromatic rings. The molecular formula is C8H14N2O3. The molecule has 0 bridgehead atoms. The van der Waals surface area contributed by atoms with Crippen molar-refractivity contribution in [2.75, 3.05) is 19.7 Å². The number of likely N-dealkylation sites (tertiary alicyclic amines) is 1. The van der Waals surface area contributed by atoms with Crippen LogP contribution in [-0.2, 0) is 9.53 Å². The summed E-state index contributed by atoms with van der Waals surface area (Å²) in [4.78, 5) is 23.2. The average Bonchev–Trinajstić information content (AvgIpc) is 2.15. The Bertz CT molecular complexity index is 200. The van der Waals surface area contributed by atoms with Gasteiger partial charge in [0, 0.05) is 13.1 Å². The molecule has 2 N–H and O–H groups in total. The first-order valence-electron chi connectivity index (χ1n) is 4.40. The third-order valence-corrected chi connectivity index (χ3v) is 2.05. The monoisotopic (exact) mass is 186 g/mol. The molecule has 0 spiro atoms. The minimum absolute atomic E-state index is 0.154. The lowest BCUT2D eigenvalue weighted by Crippen LogP contribution is -2.38. The van der Waals surface area contributed by atoms with E-state index in [0.717, 1.165) is 25.9 Å². The van der Waals surface area contributed by atoms with Gasteiger partial charge in [-0.2, -0.15) is 0 Å². The molecule has 2 amide bonds. The van der Waals surface area contributed by atoms with Gasteiger partial charge >= 0.3 is 6.09 Å². The minimum Gasteiger partial charge on any atom is -0.440 e. The third kappa shape index (κ3) is 3.31. The van der Waals surface area contributed by atoms with Gasteiger partial charge in [-0.3, -0.25) is 4.79 Å². The lowest BCUT2D eigenvalue weighted by Gasteiger charge is -2.26. The van der Waals surface area contributed by atoms with Crippen LogP contribution >= 0.6 is 0 Å². The Balaban J connectivity index is 2.25. The van der Waals surface area contributed by atoms with Gasteiger partial charge < -0.3 is 15.4 Å². The smallest absolute Gasteiger partial charge is 0.405 e. The number of ether oxygens (including phenoxy) is 1. The predicted octanol–water partition coefficient (Wildman–Crippen LogP) is 0.0942. The fourth-order valence-corrected chi connectivity index (χ4v) is 1.37. The summed E-state index contributed by atoms with van der Waals surface area (Å²) in [6, 6.07) is 0. The van der Waals surface area contributed by atoms with Crippen LogP contribution in [0.4, 0.5) is 4.79 Å². The molecule has 1 aliphatic rings. The number of piperidine rings is 1. The Morgan fingerprint density at radius 2 is 1.85 bits per heavy atom. The topological polar surface area (TPSA) is 72.6 Å². The van der Waals surface area contributed by atoms with E-state index in [1.807, 2.05) is 0 Å². The summed E-state index contributed by atoms with van der Waals surface area (Å²) in [5.74, 6) is -0.154. The maximum absolute atomic E-state index is 11.3. The van der Waals surface area contributed by atoms with Crippen LogP contribution in [0.1, 0.15) is 19.3 Å². The van der Waals surface area contributed by atoms with E-state index < -0.39 is 6.09 Å². The quantitative estimate of drug-likeness (QED) is 0.664. The van der Waals surface area contributed by atoms with Crippen LogP contribution in [0.15, 0.2) is 0 Å². The van der Waals surface area contributed by atoms with Gasteiger partial charge in [-0.05, 0) is 19.3 Å². The van der Waals surface area contributed by atoms with Crippen LogP contribution in [0.2, 0.25) is 0 Å². The highest BCUT2D eigenvalue weighted by atomic mass is 16.5. The highest BCUT2D eigenvalue weighted by Crippen LogP contribution is 2.08. The second-order valence-corrected chi connectivity index (χ2v) is 3.05. The van der Waals surface area contributed by atoms with Crippen molar-refractivity contribution in [1.29, 1.82) is 0 Å². The standard InChI is InChI=1S/C8H14N2O3/c9-8(12)13-6-7(11)10-4-2-1-3-5-10/h1-6H2,(H2,9,12). The molecule has 13 heavy (non-hydrogen) atoms. The number of rotatable bonds is 2. The molecule has 0 unspecified atom stereocenters. The van der Waals surface area contributed by atoms with Crippen molar-refractivity contribution in [3.63, 3.8) is 0 Å². The summed E-state index contributed by atoms with van der Waals surface area (Å²) in [7, 11) is 0. The van der Waals surface area contributed by atoms with Gasteiger partial charge in [0.1, 0.15) is 0 Å². The van der Waals surface area contributed by atoms with Gasteiger partial charge in [-0.25, -0.2) is 4.79 Å². The number of nitrogens with two attached hydrogens (primary N) is 1. The second kappa shape index (κ2) is 4.69. The molecule has 0 aromatic carbocycles. The number of hydrogen-bond acceptors (Lipinski definition) is 3. The van der Waals surface area contributed by atoms with Crippen molar-refractivity contribution < 1.29 is 14.3 Å². The van der Waals surface area contributed by atoms with Crippen LogP contribution < -0.4 is 5.73 Å². The van der Waals surface area contributed by atoms with E-state index in [-0.39, 0.29) is 12.5 Å². The summed E-state index contributed by atoms with van der Waals surface area (Å²) in [5.41, 5.74) is 4.74. The number of amides is 2. The lowest BCUT2D eigenvalue weighted by molar-refractivity contribution is -0.135. The van der Waals surface area contributed by atoms with Gasteiger partial charge in [0.05, 0.1) is 0 Å². The predicted molar refractivity (Wildman–Crippen MR) is 46.0 cm³/mol. The molecule has 0 aromatic heterocycles. The molecule has 1 saturated heterocycles. The van der Waals surface area contributed by atoms with Gasteiger partial charge in [0.15, 0.2) is 6.61 Å². The van der Waals surface area contributed by atoms with Crippen LogP contribution in [0.3, 0.4) is 0 Å². The van der Waals surface area contributed by atoms with E-state index >= 15 is 0 Å². The second-order valence-electron chi connectivity index (χ2n) is 3.05. The minimum atomic E-state index is -0.898. The van der Waals surface area contributed by atoms with Gasteiger partial charge in [0.2, 0.25) is 0 Å². The number of carbonyl (C=O) groups excluding carboxylic acids is 2. The van der Waals surface area contributed by atoms with Gasteiger partial charge in [-0.1, -0.05) is 0 Å². The summed E-state index contributed by atoms with van der Waals surface area (Å²) in [5, 5.41) is 0. The molecule has 0 radical (unpaired) electrons. The number of nitrogens with zero attached hydrogens (tertiary/aromatic N) is 1. The lowest BCUT2D eigenvalue weighted by atomic mass is 10.1. The zero-order chi connectivity index (χ0) is 9.68. The Morgan fingerprint density at radius 3 is 2.38 bits per heavy atom. The maximum atomic E-state index is 11.3. The van der Waals surface area contributed by atoms with Gasteiger partial charge in [-0.15, -0.1) is 0 Å². The normalized spacial score (nSPS) is 16.8. The van der Waals surface area contributed by atoms with E-state index in [1.165, 1.54) is 6.42 Å². The molecule has 1 rings (SSSR count). The fraction of sp³-hybridized carbons (Fsp3) is 0.750. The van der Waals surface area contributed by atoms with Crippen molar-refractivity contribution >= 4 is 12.0 Å². The fourth-order valence-electron chi connectivity index (χ4n) is 1.37. The molecule has 74 valence electrons. The molecule has 1 fully saturated rings. The Kier molecular flexibility index (Phi) is 3.54. The Labute approximate surface area is 76.8 Å². The zero-order valence-electron chi connectivity index (χ0n) is 7.49. The summed E-state index contributed by atoms with van der Waals surface area (Å²) in [6.45, 7) is 1.30. The highest BCUT2D eigenvalue weighted by Gasteiger charge is 2.16. The molecule has 0 atom stereocenters. The molecular weight excluding hydrogens is 172 g/mol. The molecule has 5 heteroatoms. The SMILES string of the molecule is NC(=O)OCC(=O)N1CCCCC1. The summed E-state index contributed by atoms with van der Waals surface area (Å²) in [6.07, 6.45) is 2.33. The summed E-state index contributed by atoms with van der Waals surface area (Å²) >= 11 is 0. The number of carbonyl (C=O) groups is 2. The van der Waals surface area contributed by atoms with E-state index in [1.54, 1.807) is 4.90 Å². The maximum Gasteiger partial charge on any atom is 0.405 e. The van der Waals surface area contributed by atoms with Crippen molar-refractivity contribution in [2.45, 2.75) is 19.3 Å². The first-order chi connectivity index (χ1) is 6.20. The van der Waals surface area contributed by atoms with E-state index in [2.05, 4.69) is 4.74 Å². The van der Waals surface area contributed by atoms with Crippen molar-refractivity contribution in [3.8, 4) is 0 Å². The number of hydrogen-bond donors (Lipinski definition) is 1.